The van der Waals surface area contributed by atoms with Gasteiger partial charge in [0.2, 0.25) is 6.10 Å². The van der Waals surface area contributed by atoms with Crippen LogP contribution in [0.1, 0.15) is 6.92 Å². The van der Waals surface area contributed by atoms with Crippen LogP contribution < -0.4 is 0 Å². The van der Waals surface area contributed by atoms with Gasteiger partial charge < -0.3 is 5.11 Å². The van der Waals surface area contributed by atoms with Crippen LogP contribution in [0.25, 0.3) is 0 Å². The molecule has 0 aromatic carbocycles. The Morgan fingerprint density at radius 1 is 1.80 bits per heavy atom. The van der Waals surface area contributed by atoms with E-state index in [1.807, 2.05) is 0 Å². The molecule has 7 heteroatoms. The van der Waals surface area contributed by atoms with E-state index in [0.717, 1.165) is 6.92 Å². The molecule has 10 heavy (non-hydrogen) atoms. The monoisotopic (exact) mass is 177 g/mol. The molecule has 56 valence electrons. The van der Waals surface area contributed by atoms with Gasteiger partial charge in [-0.2, -0.15) is 0 Å². The van der Waals surface area contributed by atoms with Gasteiger partial charge in [0.25, 0.3) is 5.09 Å². The Kier molecular flexibility index (Phi) is 7.17. The van der Waals surface area contributed by atoms with Crippen LogP contribution in [-0.4, -0.2) is 60.0 Å². The Hall–Kier alpha value is -0.0703. The SMILES string of the molecule is CC(O[N+](=O)[O-])C(=O)O.[CaH2]. The van der Waals surface area contributed by atoms with Crippen molar-refractivity contribution < 1.29 is 19.8 Å². The Labute approximate surface area is 86.3 Å². The summed E-state index contributed by atoms with van der Waals surface area (Å²) in [6, 6.07) is 0. The van der Waals surface area contributed by atoms with Crippen LogP contribution in [0.5, 0.6) is 0 Å². The third-order valence-corrected chi connectivity index (χ3v) is 0.592. The van der Waals surface area contributed by atoms with Crippen molar-refractivity contribution in [1.29, 1.82) is 0 Å². The van der Waals surface area contributed by atoms with E-state index >= 15 is 0 Å². The number of carboxylic acids is 1. The molecule has 0 aromatic heterocycles. The van der Waals surface area contributed by atoms with E-state index in [1.54, 1.807) is 0 Å². The molecular weight excluding hydrogens is 170 g/mol. The summed E-state index contributed by atoms with van der Waals surface area (Å²) in [6.45, 7) is 1.07. The second-order valence-corrected chi connectivity index (χ2v) is 1.31. The molecule has 0 saturated carbocycles. The van der Waals surface area contributed by atoms with Crippen LogP contribution >= 0.6 is 0 Å². The first-order chi connectivity index (χ1) is 4.04. The molecule has 0 aliphatic heterocycles. The van der Waals surface area contributed by atoms with Crippen molar-refractivity contribution in [2.75, 3.05) is 0 Å². The van der Waals surface area contributed by atoms with E-state index in [-0.39, 0.29) is 37.7 Å². The summed E-state index contributed by atoms with van der Waals surface area (Å²) in [5, 5.41) is 16.3. The van der Waals surface area contributed by atoms with Gasteiger partial charge >= 0.3 is 43.7 Å². The summed E-state index contributed by atoms with van der Waals surface area (Å²) in [4.78, 5) is 22.9. The predicted molar refractivity (Wildman–Crippen MR) is 33.7 cm³/mol. The number of rotatable bonds is 3. The summed E-state index contributed by atoms with van der Waals surface area (Å²) in [5.74, 6) is -1.35. The van der Waals surface area contributed by atoms with Crippen LogP contribution in [0.15, 0.2) is 0 Å². The average Bonchev–Trinajstić information content (AvgIpc) is 1.63. The maximum atomic E-state index is 9.81. The standard InChI is InChI=1S/C3H5NO5.Ca.2H/c1-2(3(5)6)9-4(7)8;;;/h2H,1H3,(H,5,6);;;. The molecular formula is C3H7CaNO5. The van der Waals surface area contributed by atoms with Crippen LogP contribution in [0.3, 0.4) is 0 Å². The molecule has 0 aliphatic carbocycles. The fourth-order valence-electron chi connectivity index (χ4n) is 0.174. The van der Waals surface area contributed by atoms with E-state index in [2.05, 4.69) is 4.84 Å². The van der Waals surface area contributed by atoms with Crippen LogP contribution in [0.2, 0.25) is 0 Å². The first-order valence-electron chi connectivity index (χ1n) is 2.08. The Morgan fingerprint density at radius 2 is 2.20 bits per heavy atom. The summed E-state index contributed by atoms with van der Waals surface area (Å²) in [6.07, 6.45) is -1.39. The van der Waals surface area contributed by atoms with Gasteiger partial charge in [0, 0.05) is 0 Å². The van der Waals surface area contributed by atoms with Gasteiger partial charge in [0.05, 0.1) is 0 Å². The van der Waals surface area contributed by atoms with Gasteiger partial charge in [-0.25, -0.2) is 4.79 Å². The van der Waals surface area contributed by atoms with E-state index in [0.29, 0.717) is 0 Å². The van der Waals surface area contributed by atoms with Crippen molar-refractivity contribution in [3.63, 3.8) is 0 Å². The molecule has 6 nitrogen and oxygen atoms in total. The number of hydrogen-bond acceptors (Lipinski definition) is 4. The molecule has 0 radical (unpaired) electrons. The van der Waals surface area contributed by atoms with E-state index in [4.69, 9.17) is 5.11 Å². The van der Waals surface area contributed by atoms with Crippen LogP contribution in [0, 0.1) is 10.1 Å². The molecule has 1 unspecified atom stereocenters. The molecule has 0 rings (SSSR count). The molecule has 0 spiro atoms. The molecule has 0 aliphatic rings. The van der Waals surface area contributed by atoms with Gasteiger partial charge in [-0.1, -0.05) is 0 Å². The zero-order chi connectivity index (χ0) is 7.44. The Bertz CT molecular complexity index is 137. The van der Waals surface area contributed by atoms with Gasteiger partial charge in [-0.3, -0.25) is 4.84 Å². The fraction of sp³-hybridized carbons (Fsp3) is 0.667. The molecule has 1 N–H and O–H groups in total. The van der Waals surface area contributed by atoms with E-state index < -0.39 is 17.2 Å². The number of aliphatic carboxylic acids is 1. The van der Waals surface area contributed by atoms with Gasteiger partial charge in [0.1, 0.15) is 0 Å². The molecule has 0 amide bonds. The molecule has 0 saturated heterocycles. The average molecular weight is 177 g/mol. The van der Waals surface area contributed by atoms with Crippen molar-refractivity contribution in [3.05, 3.63) is 10.1 Å². The van der Waals surface area contributed by atoms with Crippen LogP contribution in [0.4, 0.5) is 0 Å². The van der Waals surface area contributed by atoms with Crippen molar-refractivity contribution in [3.8, 4) is 0 Å². The molecule has 0 fully saturated rings. The molecule has 1 atom stereocenters. The zero-order valence-electron chi connectivity index (χ0n) is 4.60. The van der Waals surface area contributed by atoms with Gasteiger partial charge in [0.15, 0.2) is 0 Å². The van der Waals surface area contributed by atoms with Crippen molar-refractivity contribution in [2.24, 2.45) is 0 Å². The topological polar surface area (TPSA) is 89.7 Å². The second-order valence-electron chi connectivity index (χ2n) is 1.31. The zero-order valence-corrected chi connectivity index (χ0v) is 4.60. The first kappa shape index (κ1) is 12.6. The summed E-state index contributed by atoms with van der Waals surface area (Å²) < 4.78 is 0. The second kappa shape index (κ2) is 5.69. The number of carboxylic acid groups (broad SMARTS) is 1. The maximum absolute atomic E-state index is 9.81. The Morgan fingerprint density at radius 3 is 2.30 bits per heavy atom. The number of carbonyl (C=O) groups is 1. The van der Waals surface area contributed by atoms with Gasteiger partial charge in [-0.15, -0.1) is 10.1 Å². The molecule has 0 aromatic rings. The quantitative estimate of drug-likeness (QED) is 0.330. The summed E-state index contributed by atoms with van der Waals surface area (Å²) in [7, 11) is 0. The van der Waals surface area contributed by atoms with Crippen molar-refractivity contribution in [1.82, 2.24) is 0 Å². The van der Waals surface area contributed by atoms with Crippen LogP contribution in [-0.2, 0) is 9.63 Å². The predicted octanol–water partition coefficient (Wildman–Crippen LogP) is -1.25. The minimum atomic E-state index is -1.39. The Balaban J connectivity index is 0. The first-order valence-corrected chi connectivity index (χ1v) is 2.08. The third-order valence-electron chi connectivity index (χ3n) is 0.592. The van der Waals surface area contributed by atoms with Crippen molar-refractivity contribution >= 4 is 43.7 Å². The molecule has 0 bridgehead atoms. The van der Waals surface area contributed by atoms with E-state index in [9.17, 15) is 14.9 Å². The number of hydrogen-bond donors (Lipinski definition) is 1. The normalized spacial score (nSPS) is 10.9. The van der Waals surface area contributed by atoms with E-state index in [1.165, 1.54) is 0 Å². The fourth-order valence-corrected chi connectivity index (χ4v) is 0.174. The minimum absolute atomic E-state index is 0. The van der Waals surface area contributed by atoms with Crippen molar-refractivity contribution in [2.45, 2.75) is 13.0 Å². The molecule has 0 heterocycles. The summed E-state index contributed by atoms with van der Waals surface area (Å²) >= 11 is 0. The third kappa shape index (κ3) is 6.06. The van der Waals surface area contributed by atoms with Gasteiger partial charge in [-0.05, 0) is 6.92 Å². The number of nitrogens with zero attached hydrogens (tertiary/aromatic N) is 1. The summed E-state index contributed by atoms with van der Waals surface area (Å²) in [5.41, 5.74) is 0.